The number of aryl methyl sites for hydroxylation is 6. The molecule has 0 amide bonds. The average Bonchev–Trinajstić information content (AvgIpc) is 3.16. The van der Waals surface area contributed by atoms with E-state index in [4.69, 9.17) is 0 Å². The Kier molecular flexibility index (Phi) is 14.2. The summed E-state index contributed by atoms with van der Waals surface area (Å²) in [7, 11) is 0. The van der Waals surface area contributed by atoms with Crippen LogP contribution in [0.5, 0.6) is 0 Å². The second-order valence-electron chi connectivity index (χ2n) is 20.2. The Hall–Kier alpha value is -4.14. The fourth-order valence-corrected chi connectivity index (χ4v) is 13.5. The number of rotatable bonds is 12. The molecule has 0 fully saturated rings. The van der Waals surface area contributed by atoms with Gasteiger partial charge in [0.05, 0.1) is 0 Å². The first kappa shape index (κ1) is 46.4. The van der Waals surface area contributed by atoms with Crippen molar-refractivity contribution in [1.29, 1.82) is 0 Å². The van der Waals surface area contributed by atoms with Gasteiger partial charge in [0.1, 0.15) is 0 Å². The third-order valence-corrected chi connectivity index (χ3v) is 16.4. The number of hydrogen-bond acceptors (Lipinski definition) is 0. The van der Waals surface area contributed by atoms with Crippen molar-refractivity contribution in [3.05, 3.63) is 152 Å². The van der Waals surface area contributed by atoms with E-state index >= 15 is 0 Å². The van der Waals surface area contributed by atoms with E-state index in [9.17, 15) is 0 Å². The van der Waals surface area contributed by atoms with Crippen LogP contribution in [-0.4, -0.2) is 15.4 Å². The minimum atomic E-state index is -1.02. The van der Waals surface area contributed by atoms with Gasteiger partial charge >= 0.3 is 381 Å². The van der Waals surface area contributed by atoms with Crippen LogP contribution in [0.15, 0.2) is 84.9 Å². The molecule has 0 unspecified atom stereocenters. The molecule has 0 aliphatic carbocycles. The molecule has 0 bridgehead atoms. The van der Waals surface area contributed by atoms with Crippen molar-refractivity contribution in [1.82, 2.24) is 0 Å². The van der Waals surface area contributed by atoms with Crippen LogP contribution in [0.4, 0.5) is 0 Å². The van der Waals surface area contributed by atoms with Gasteiger partial charge < -0.3 is 0 Å². The Morgan fingerprint density at radius 1 is 0.311 bits per heavy atom. The molecule has 61 heavy (non-hydrogen) atoms. The summed E-state index contributed by atoms with van der Waals surface area (Å²) < 4.78 is 3.09. The summed E-state index contributed by atoms with van der Waals surface area (Å²) in [5.74, 6) is 2.43. The molecule has 318 valence electrons. The van der Waals surface area contributed by atoms with Crippen molar-refractivity contribution in [3.8, 4) is 44.5 Å². The molecule has 2 radical (unpaired) electrons. The first-order valence-corrected chi connectivity index (χ1v) is 25.4. The Morgan fingerprint density at radius 3 is 0.787 bits per heavy atom. The van der Waals surface area contributed by atoms with Gasteiger partial charge in [0.15, 0.2) is 0 Å². The maximum absolute atomic E-state index is 2.56. The molecule has 0 saturated heterocycles. The van der Waals surface area contributed by atoms with Gasteiger partial charge in [-0.1, -0.05) is 0 Å². The minimum absolute atomic E-state index is 0.379. The van der Waals surface area contributed by atoms with E-state index in [1.807, 2.05) is 0 Å². The maximum atomic E-state index is 2.56. The van der Waals surface area contributed by atoms with Crippen LogP contribution < -0.4 is 8.79 Å². The fraction of sp³-hybridized carbons (Fsp3) is 0.400. The van der Waals surface area contributed by atoms with Crippen molar-refractivity contribution in [2.75, 3.05) is 0 Å². The molecule has 0 aliphatic heterocycles. The van der Waals surface area contributed by atoms with Gasteiger partial charge in [0.2, 0.25) is 0 Å². The van der Waals surface area contributed by atoms with Crippen LogP contribution in [0.3, 0.4) is 0 Å². The van der Waals surface area contributed by atoms with Crippen LogP contribution >= 0.6 is 0 Å². The quantitative estimate of drug-likeness (QED) is 0.108. The third kappa shape index (κ3) is 9.32. The predicted octanol–water partition coefficient (Wildman–Crippen LogP) is 16.6. The van der Waals surface area contributed by atoms with Crippen molar-refractivity contribution in [2.24, 2.45) is 0 Å². The molecule has 0 atom stereocenters. The molecule has 1 heteroatoms. The normalized spacial score (nSPS) is 12.1. The summed E-state index contributed by atoms with van der Waals surface area (Å²) >= 11 is -1.02. The molecule has 0 nitrogen and oxygen atoms in total. The molecular formula is C60H74Ge. The van der Waals surface area contributed by atoms with E-state index < -0.39 is 15.4 Å². The van der Waals surface area contributed by atoms with Crippen molar-refractivity contribution >= 4 is 24.2 Å². The zero-order chi connectivity index (χ0) is 44.8. The fourth-order valence-electron chi connectivity index (χ4n) is 10.1. The van der Waals surface area contributed by atoms with E-state index in [2.05, 4.69) is 210 Å². The summed E-state index contributed by atoms with van der Waals surface area (Å²) in [6.07, 6.45) is 0. The molecule has 6 rings (SSSR count). The van der Waals surface area contributed by atoms with Gasteiger partial charge in [-0.05, 0) is 0 Å². The summed E-state index contributed by atoms with van der Waals surface area (Å²) in [6.45, 7) is 42.5. The third-order valence-electron chi connectivity index (χ3n) is 13.1. The van der Waals surface area contributed by atoms with Crippen molar-refractivity contribution < 1.29 is 0 Å². The Bertz CT molecular complexity index is 2290. The number of benzene rings is 6. The summed E-state index contributed by atoms with van der Waals surface area (Å²) in [5, 5.41) is 0. The average molecular weight is 868 g/mol. The second-order valence-corrected chi connectivity index (χ2v) is 22.8. The van der Waals surface area contributed by atoms with Crippen LogP contribution in [-0.2, 0) is 0 Å². The molecule has 0 N–H and O–H groups in total. The van der Waals surface area contributed by atoms with Crippen molar-refractivity contribution in [2.45, 2.75) is 160 Å². The molecule has 0 saturated carbocycles. The molecule has 0 aromatic heterocycles. The summed E-state index contributed by atoms with van der Waals surface area (Å²) in [4.78, 5) is 0. The standard InChI is InChI=1S/C60H74Ge/c1-33(2)45-29-51(35(5)6)57(52(30-45)36(7)8)49-23-20-24-50(58-53(37(9)10)31-46(34(3)4)32-54(58)38(11)12)60(49)61-59-47(55-41(15)25-39(13)26-42(55)16)21-19-22-48(59)56-43(17)27-40(14)28-44(56)18/h19-38H,1-18H3. The van der Waals surface area contributed by atoms with E-state index in [0.717, 1.165) is 0 Å². The molecule has 6 aromatic rings. The van der Waals surface area contributed by atoms with Gasteiger partial charge in [-0.2, -0.15) is 0 Å². The van der Waals surface area contributed by atoms with E-state index in [-0.39, 0.29) is 0 Å². The van der Waals surface area contributed by atoms with Crippen molar-refractivity contribution in [3.63, 3.8) is 0 Å². The second kappa shape index (κ2) is 18.7. The van der Waals surface area contributed by atoms with Gasteiger partial charge in [0.25, 0.3) is 0 Å². The van der Waals surface area contributed by atoms with Gasteiger partial charge in [-0.3, -0.25) is 0 Å². The predicted molar refractivity (Wildman–Crippen MR) is 273 cm³/mol. The van der Waals surface area contributed by atoms with E-state index in [0.29, 0.717) is 35.5 Å². The number of hydrogen-bond donors (Lipinski definition) is 0. The molecule has 0 heterocycles. The van der Waals surface area contributed by atoms with E-state index in [1.165, 1.54) is 116 Å². The monoisotopic (exact) mass is 869 g/mol. The van der Waals surface area contributed by atoms with Gasteiger partial charge in [0, 0.05) is 0 Å². The first-order valence-electron chi connectivity index (χ1n) is 23.3. The topological polar surface area (TPSA) is 0 Å². The Labute approximate surface area is 378 Å². The zero-order valence-corrected chi connectivity index (χ0v) is 43.1. The van der Waals surface area contributed by atoms with Crippen LogP contribution in [0.2, 0.25) is 0 Å². The molecule has 0 aliphatic rings. The Morgan fingerprint density at radius 2 is 0.557 bits per heavy atom. The van der Waals surface area contributed by atoms with E-state index in [1.54, 1.807) is 4.40 Å². The summed E-state index contributed by atoms with van der Waals surface area (Å²) in [6, 6.07) is 34.4. The van der Waals surface area contributed by atoms with Crippen LogP contribution in [0.1, 0.15) is 185 Å². The summed E-state index contributed by atoms with van der Waals surface area (Å²) in [5.41, 5.74) is 28.3. The molecule has 0 spiro atoms. The van der Waals surface area contributed by atoms with Gasteiger partial charge in [-0.25, -0.2) is 0 Å². The Balaban J connectivity index is 1.87. The van der Waals surface area contributed by atoms with Gasteiger partial charge in [-0.15, -0.1) is 0 Å². The zero-order valence-electron chi connectivity index (χ0n) is 41.0. The van der Waals surface area contributed by atoms with Crippen LogP contribution in [0, 0.1) is 41.5 Å². The molecule has 6 aromatic carbocycles. The SMILES string of the molecule is Cc1cc(C)c(-c2cccc(-c3c(C)cc(C)cc3C)[c]2[Ge][c]2c(-c3c(C(C)C)cc(C(C)C)cc3C(C)C)cccc2-c2c(C(C)C)cc(C(C)C)cc2C(C)C)c(C)c1. The van der Waals surface area contributed by atoms with Crippen LogP contribution in [0.25, 0.3) is 44.5 Å². The first-order chi connectivity index (χ1) is 28.7. The molecular weight excluding hydrogens is 793 g/mol.